The number of nitrogens with zero attached hydrogens (tertiary/aromatic N) is 5. The molecule has 7 heteroatoms. The third-order valence-electron chi connectivity index (χ3n) is 5.48. The van der Waals surface area contributed by atoms with Gasteiger partial charge in [0.1, 0.15) is 18.3 Å². The van der Waals surface area contributed by atoms with Crippen LogP contribution in [0.1, 0.15) is 37.9 Å². The standard InChI is InChI=1S/C21H28N6O/c1-17(2)15-20(21-22-23-24-27(21)16-19-9-6-14-28-19)26-12-10-25(11-13-26)18-7-4-3-5-8-18/h3-9,14,17,20H,10-13,15-16H2,1-2H3/p+1/t20-/m1/s1. The predicted octanol–water partition coefficient (Wildman–Crippen LogP) is 1.81. The number of hydrogen-bond acceptors (Lipinski definition) is 5. The van der Waals surface area contributed by atoms with Crippen molar-refractivity contribution in [1.29, 1.82) is 0 Å². The SMILES string of the molecule is CC(C)C[C@H](c1nnnn1Cc1ccco1)[NH+]1CCN(c2ccccc2)CC1. The summed E-state index contributed by atoms with van der Waals surface area (Å²) in [6.45, 7) is 9.38. The van der Waals surface area contributed by atoms with Crippen molar-refractivity contribution in [2.24, 2.45) is 5.92 Å². The third-order valence-corrected chi connectivity index (χ3v) is 5.48. The van der Waals surface area contributed by atoms with Crippen LogP contribution in [-0.2, 0) is 6.54 Å². The zero-order valence-corrected chi connectivity index (χ0v) is 16.7. The van der Waals surface area contributed by atoms with E-state index in [9.17, 15) is 0 Å². The van der Waals surface area contributed by atoms with Gasteiger partial charge in [-0.2, -0.15) is 0 Å². The Morgan fingerprint density at radius 3 is 2.54 bits per heavy atom. The highest BCUT2D eigenvalue weighted by atomic mass is 16.3. The van der Waals surface area contributed by atoms with Gasteiger partial charge in [0.15, 0.2) is 0 Å². The van der Waals surface area contributed by atoms with Crippen molar-refractivity contribution < 1.29 is 9.32 Å². The molecule has 7 nitrogen and oxygen atoms in total. The summed E-state index contributed by atoms with van der Waals surface area (Å²) < 4.78 is 7.41. The topological polar surface area (TPSA) is 64.4 Å². The van der Waals surface area contributed by atoms with Crippen molar-refractivity contribution in [3.05, 3.63) is 60.3 Å². The summed E-state index contributed by atoms with van der Waals surface area (Å²) in [4.78, 5) is 4.04. The van der Waals surface area contributed by atoms with Gasteiger partial charge < -0.3 is 14.2 Å². The molecule has 148 valence electrons. The van der Waals surface area contributed by atoms with Crippen LogP contribution in [0, 0.1) is 5.92 Å². The highest BCUT2D eigenvalue weighted by Gasteiger charge is 2.33. The van der Waals surface area contributed by atoms with E-state index in [4.69, 9.17) is 4.42 Å². The molecule has 1 aliphatic heterocycles. The van der Waals surface area contributed by atoms with Gasteiger partial charge in [0.25, 0.3) is 0 Å². The molecule has 1 fully saturated rings. The van der Waals surface area contributed by atoms with Crippen LogP contribution in [0.5, 0.6) is 0 Å². The van der Waals surface area contributed by atoms with E-state index in [-0.39, 0.29) is 0 Å². The first-order chi connectivity index (χ1) is 13.7. The van der Waals surface area contributed by atoms with Crippen LogP contribution in [0.2, 0.25) is 0 Å². The summed E-state index contributed by atoms with van der Waals surface area (Å²) in [6, 6.07) is 14.8. The summed E-state index contributed by atoms with van der Waals surface area (Å²) in [6.07, 6.45) is 2.76. The molecule has 2 aromatic heterocycles. The number of quaternary nitrogens is 1. The molecule has 1 saturated heterocycles. The molecule has 1 atom stereocenters. The van der Waals surface area contributed by atoms with Gasteiger partial charge in [0.05, 0.1) is 32.4 Å². The number of hydrogen-bond donors (Lipinski definition) is 1. The van der Waals surface area contributed by atoms with Crippen LogP contribution in [0.15, 0.2) is 53.1 Å². The van der Waals surface area contributed by atoms with Gasteiger partial charge in [-0.3, -0.25) is 0 Å². The lowest BCUT2D eigenvalue weighted by atomic mass is 10.0. The van der Waals surface area contributed by atoms with Crippen LogP contribution in [-0.4, -0.2) is 46.4 Å². The Bertz CT molecular complexity index is 837. The Balaban J connectivity index is 1.49. The maximum Gasteiger partial charge on any atom is 0.209 e. The number of piperazine rings is 1. The van der Waals surface area contributed by atoms with Crippen LogP contribution in [0.3, 0.4) is 0 Å². The molecule has 1 N–H and O–H groups in total. The fourth-order valence-corrected chi connectivity index (χ4v) is 4.09. The molecule has 0 saturated carbocycles. The van der Waals surface area contributed by atoms with Gasteiger partial charge in [-0.25, -0.2) is 4.68 Å². The minimum absolute atomic E-state index is 0.294. The molecule has 0 amide bonds. The smallest absolute Gasteiger partial charge is 0.209 e. The van der Waals surface area contributed by atoms with Crippen LogP contribution < -0.4 is 9.80 Å². The number of aromatic nitrogens is 4. The number of rotatable bonds is 7. The van der Waals surface area contributed by atoms with Crippen LogP contribution in [0.4, 0.5) is 5.69 Å². The molecular formula is C21H29N6O+. The number of para-hydroxylation sites is 1. The first kappa shape index (κ1) is 18.7. The zero-order chi connectivity index (χ0) is 19.3. The van der Waals surface area contributed by atoms with Gasteiger partial charge in [-0.1, -0.05) is 32.0 Å². The normalized spacial score (nSPS) is 16.6. The highest BCUT2D eigenvalue weighted by Crippen LogP contribution is 2.19. The average molecular weight is 382 g/mol. The van der Waals surface area contributed by atoms with Gasteiger partial charge >= 0.3 is 0 Å². The van der Waals surface area contributed by atoms with Crippen LogP contribution >= 0.6 is 0 Å². The molecule has 3 heterocycles. The number of furan rings is 1. The van der Waals surface area contributed by atoms with Gasteiger partial charge in [0.2, 0.25) is 5.82 Å². The van der Waals surface area contributed by atoms with Crippen molar-refractivity contribution in [3.63, 3.8) is 0 Å². The number of benzene rings is 1. The number of tetrazole rings is 1. The lowest BCUT2D eigenvalue weighted by Gasteiger charge is -2.37. The first-order valence-corrected chi connectivity index (χ1v) is 10.1. The summed E-state index contributed by atoms with van der Waals surface area (Å²) in [7, 11) is 0. The fraction of sp³-hybridized carbons (Fsp3) is 0.476. The van der Waals surface area contributed by atoms with Crippen molar-refractivity contribution in [2.45, 2.75) is 32.9 Å². The summed E-state index contributed by atoms with van der Waals surface area (Å²) in [5.74, 6) is 2.42. The second-order valence-electron chi connectivity index (χ2n) is 7.94. The Hall–Kier alpha value is -2.67. The lowest BCUT2D eigenvalue weighted by molar-refractivity contribution is -0.934. The van der Waals surface area contributed by atoms with E-state index in [0.717, 1.165) is 44.2 Å². The minimum atomic E-state index is 0.294. The van der Waals surface area contributed by atoms with E-state index in [2.05, 4.69) is 64.6 Å². The first-order valence-electron chi connectivity index (χ1n) is 10.1. The zero-order valence-electron chi connectivity index (χ0n) is 16.7. The van der Waals surface area contributed by atoms with Crippen molar-refractivity contribution >= 4 is 5.69 Å². The average Bonchev–Trinajstić information content (AvgIpc) is 3.39. The molecule has 3 aromatic rings. The fourth-order valence-electron chi connectivity index (χ4n) is 4.09. The van der Waals surface area contributed by atoms with Crippen molar-refractivity contribution in [3.8, 4) is 0 Å². The van der Waals surface area contributed by atoms with Crippen molar-refractivity contribution in [1.82, 2.24) is 20.2 Å². The van der Waals surface area contributed by atoms with E-state index in [1.165, 1.54) is 5.69 Å². The molecule has 1 aromatic carbocycles. The van der Waals surface area contributed by atoms with E-state index >= 15 is 0 Å². The van der Waals surface area contributed by atoms with E-state index < -0.39 is 0 Å². The van der Waals surface area contributed by atoms with Gasteiger partial charge in [0, 0.05) is 12.1 Å². The largest absolute Gasteiger partial charge is 0.467 e. The van der Waals surface area contributed by atoms with E-state index in [0.29, 0.717) is 18.5 Å². The van der Waals surface area contributed by atoms with Crippen LogP contribution in [0.25, 0.3) is 0 Å². The molecule has 28 heavy (non-hydrogen) atoms. The monoisotopic (exact) mass is 381 g/mol. The van der Waals surface area contributed by atoms with Gasteiger partial charge in [-0.05, 0) is 40.6 Å². The Labute approximate surface area is 165 Å². The molecule has 4 rings (SSSR count). The van der Waals surface area contributed by atoms with E-state index in [1.807, 2.05) is 16.8 Å². The molecule has 0 spiro atoms. The molecule has 0 radical (unpaired) electrons. The summed E-state index contributed by atoms with van der Waals surface area (Å²) >= 11 is 0. The third kappa shape index (κ3) is 4.25. The number of nitrogens with one attached hydrogen (secondary N) is 1. The Morgan fingerprint density at radius 2 is 1.86 bits per heavy atom. The maximum absolute atomic E-state index is 5.50. The lowest BCUT2D eigenvalue weighted by Crippen LogP contribution is -3.15. The quantitative estimate of drug-likeness (QED) is 0.676. The summed E-state index contributed by atoms with van der Waals surface area (Å²) in [5, 5.41) is 12.7. The Kier molecular flexibility index (Phi) is 5.71. The molecule has 0 aliphatic carbocycles. The van der Waals surface area contributed by atoms with Gasteiger partial charge in [-0.15, -0.1) is 5.10 Å². The number of anilines is 1. The highest BCUT2D eigenvalue weighted by molar-refractivity contribution is 5.46. The molecular weight excluding hydrogens is 352 g/mol. The van der Waals surface area contributed by atoms with E-state index in [1.54, 1.807) is 11.2 Å². The summed E-state index contributed by atoms with van der Waals surface area (Å²) in [5.41, 5.74) is 1.31. The maximum atomic E-state index is 5.50. The molecule has 1 aliphatic rings. The second kappa shape index (κ2) is 8.56. The second-order valence-corrected chi connectivity index (χ2v) is 7.94. The molecule has 0 unspecified atom stereocenters. The molecule has 0 bridgehead atoms. The Morgan fingerprint density at radius 1 is 1.07 bits per heavy atom. The predicted molar refractivity (Wildman–Crippen MR) is 107 cm³/mol. The van der Waals surface area contributed by atoms with Crippen molar-refractivity contribution in [2.75, 3.05) is 31.1 Å². The minimum Gasteiger partial charge on any atom is -0.467 e.